The van der Waals surface area contributed by atoms with Crippen LogP contribution in [0.15, 0.2) is 30.3 Å². The van der Waals surface area contributed by atoms with Crippen LogP contribution in [0.25, 0.3) is 0 Å². The first kappa shape index (κ1) is 17.4. The van der Waals surface area contributed by atoms with Crippen molar-refractivity contribution in [3.63, 3.8) is 0 Å². The first-order valence-electron chi connectivity index (χ1n) is 9.05. The number of morpholine rings is 1. The minimum atomic E-state index is 0.173. The van der Waals surface area contributed by atoms with Crippen LogP contribution in [0.3, 0.4) is 0 Å². The average Bonchev–Trinajstić information content (AvgIpc) is 2.63. The molecule has 132 valence electrons. The van der Waals surface area contributed by atoms with Gasteiger partial charge in [0, 0.05) is 51.7 Å². The Balaban J connectivity index is 1.42. The number of nitrogens with one attached hydrogen (secondary N) is 1. The van der Waals surface area contributed by atoms with Gasteiger partial charge >= 0.3 is 0 Å². The number of likely N-dealkylation sites (tertiary alicyclic amines) is 1. The van der Waals surface area contributed by atoms with Crippen molar-refractivity contribution in [1.82, 2.24) is 15.1 Å². The maximum Gasteiger partial charge on any atom is 0.224 e. The standard InChI is InChI=1S/C19H29N3O2/c1-21(19(23)13-17-15-24-12-9-20-17)18-7-10-22(11-8-18)14-16-5-3-2-4-6-16/h2-6,17-18,20H,7-15H2,1H3. The summed E-state index contributed by atoms with van der Waals surface area (Å²) < 4.78 is 5.44. The number of amides is 1. The van der Waals surface area contributed by atoms with E-state index in [4.69, 9.17) is 4.74 Å². The lowest BCUT2D eigenvalue weighted by Gasteiger charge is -2.37. The fourth-order valence-electron chi connectivity index (χ4n) is 3.62. The number of benzene rings is 1. The summed E-state index contributed by atoms with van der Waals surface area (Å²) in [7, 11) is 1.96. The van der Waals surface area contributed by atoms with Gasteiger partial charge in [-0.05, 0) is 18.4 Å². The highest BCUT2D eigenvalue weighted by atomic mass is 16.5. The Labute approximate surface area is 145 Å². The third kappa shape index (κ3) is 4.79. The van der Waals surface area contributed by atoms with Gasteiger partial charge in [-0.15, -0.1) is 0 Å². The van der Waals surface area contributed by atoms with Crippen molar-refractivity contribution >= 4 is 5.91 Å². The van der Waals surface area contributed by atoms with E-state index in [1.54, 1.807) is 0 Å². The Morgan fingerprint density at radius 1 is 1.29 bits per heavy atom. The molecule has 0 radical (unpaired) electrons. The average molecular weight is 331 g/mol. The molecule has 2 saturated heterocycles. The highest BCUT2D eigenvalue weighted by Crippen LogP contribution is 2.18. The largest absolute Gasteiger partial charge is 0.378 e. The predicted octanol–water partition coefficient (Wildman–Crippen LogP) is 1.49. The molecule has 2 heterocycles. The number of rotatable bonds is 5. The molecule has 5 heteroatoms. The quantitative estimate of drug-likeness (QED) is 0.888. The highest BCUT2D eigenvalue weighted by Gasteiger charge is 2.27. The number of ether oxygens (including phenoxy) is 1. The van der Waals surface area contributed by atoms with E-state index in [9.17, 15) is 4.79 Å². The van der Waals surface area contributed by atoms with E-state index >= 15 is 0 Å². The molecule has 5 nitrogen and oxygen atoms in total. The second-order valence-electron chi connectivity index (χ2n) is 6.93. The molecule has 2 fully saturated rings. The van der Waals surface area contributed by atoms with Crippen molar-refractivity contribution in [3.8, 4) is 0 Å². The molecule has 2 aliphatic heterocycles. The van der Waals surface area contributed by atoms with Crippen LogP contribution >= 0.6 is 0 Å². The second kappa shape index (κ2) is 8.60. The van der Waals surface area contributed by atoms with Crippen molar-refractivity contribution in [1.29, 1.82) is 0 Å². The fraction of sp³-hybridized carbons (Fsp3) is 0.632. The molecule has 1 aromatic rings. The Hall–Kier alpha value is -1.43. The van der Waals surface area contributed by atoms with Crippen molar-refractivity contribution in [3.05, 3.63) is 35.9 Å². The van der Waals surface area contributed by atoms with Gasteiger partial charge in [0.1, 0.15) is 0 Å². The summed E-state index contributed by atoms with van der Waals surface area (Å²) in [5.74, 6) is 0.236. The van der Waals surface area contributed by atoms with Gasteiger partial charge in [0.25, 0.3) is 0 Å². The maximum absolute atomic E-state index is 12.5. The van der Waals surface area contributed by atoms with Gasteiger partial charge in [-0.3, -0.25) is 9.69 Å². The summed E-state index contributed by atoms with van der Waals surface area (Å²) >= 11 is 0. The molecule has 1 atom stereocenters. The first-order chi connectivity index (χ1) is 11.7. The minimum absolute atomic E-state index is 0.173. The molecule has 2 aliphatic rings. The van der Waals surface area contributed by atoms with Crippen LogP contribution in [-0.4, -0.2) is 67.7 Å². The first-order valence-corrected chi connectivity index (χ1v) is 9.05. The van der Waals surface area contributed by atoms with Gasteiger partial charge in [-0.1, -0.05) is 30.3 Å². The molecule has 3 rings (SSSR count). The van der Waals surface area contributed by atoms with E-state index in [0.29, 0.717) is 19.1 Å². The lowest BCUT2D eigenvalue weighted by atomic mass is 10.0. The third-order valence-corrected chi connectivity index (χ3v) is 5.17. The lowest BCUT2D eigenvalue weighted by molar-refractivity contribution is -0.134. The van der Waals surface area contributed by atoms with Gasteiger partial charge in [-0.25, -0.2) is 0 Å². The van der Waals surface area contributed by atoms with Gasteiger partial charge in [0.2, 0.25) is 5.91 Å². The number of piperidine rings is 1. The van der Waals surface area contributed by atoms with Crippen LogP contribution in [0.2, 0.25) is 0 Å². The van der Waals surface area contributed by atoms with E-state index in [-0.39, 0.29) is 11.9 Å². The van der Waals surface area contributed by atoms with Crippen LogP contribution in [0, 0.1) is 0 Å². The molecule has 1 N–H and O–H groups in total. The lowest BCUT2D eigenvalue weighted by Crippen LogP contribution is -2.48. The van der Waals surface area contributed by atoms with Crippen LogP contribution < -0.4 is 5.32 Å². The monoisotopic (exact) mass is 331 g/mol. The van der Waals surface area contributed by atoms with Crippen LogP contribution in [0.5, 0.6) is 0 Å². The summed E-state index contributed by atoms with van der Waals surface area (Å²) in [6, 6.07) is 11.2. The number of hydrogen-bond donors (Lipinski definition) is 1. The molecule has 1 amide bonds. The summed E-state index contributed by atoms with van der Waals surface area (Å²) in [5.41, 5.74) is 1.36. The molecule has 24 heavy (non-hydrogen) atoms. The zero-order chi connectivity index (χ0) is 16.8. The van der Waals surface area contributed by atoms with Crippen LogP contribution in [0.4, 0.5) is 0 Å². The highest BCUT2D eigenvalue weighted by molar-refractivity contribution is 5.77. The zero-order valence-electron chi connectivity index (χ0n) is 14.6. The van der Waals surface area contributed by atoms with Gasteiger partial charge in [0.15, 0.2) is 0 Å². The molecular weight excluding hydrogens is 302 g/mol. The number of carbonyl (C=O) groups is 1. The molecule has 0 aliphatic carbocycles. The zero-order valence-corrected chi connectivity index (χ0v) is 14.6. The Kier molecular flexibility index (Phi) is 6.24. The predicted molar refractivity (Wildman–Crippen MR) is 94.7 cm³/mol. The molecule has 0 saturated carbocycles. The second-order valence-corrected chi connectivity index (χ2v) is 6.93. The van der Waals surface area contributed by atoms with E-state index in [1.165, 1.54) is 5.56 Å². The summed E-state index contributed by atoms with van der Waals surface area (Å²) in [4.78, 5) is 17.0. The topological polar surface area (TPSA) is 44.8 Å². The van der Waals surface area contributed by atoms with E-state index in [2.05, 4.69) is 40.5 Å². The normalized spacial score (nSPS) is 23.1. The number of nitrogens with zero attached hydrogens (tertiary/aromatic N) is 2. The van der Waals surface area contributed by atoms with E-state index in [1.807, 2.05) is 11.9 Å². The Morgan fingerprint density at radius 2 is 2.04 bits per heavy atom. The van der Waals surface area contributed by atoms with Crippen LogP contribution in [0.1, 0.15) is 24.8 Å². The smallest absolute Gasteiger partial charge is 0.224 e. The van der Waals surface area contributed by atoms with Gasteiger partial charge in [0.05, 0.1) is 13.2 Å². The Morgan fingerprint density at radius 3 is 2.71 bits per heavy atom. The minimum Gasteiger partial charge on any atom is -0.378 e. The molecule has 0 bridgehead atoms. The van der Waals surface area contributed by atoms with Crippen molar-refractivity contribution < 1.29 is 9.53 Å². The summed E-state index contributed by atoms with van der Waals surface area (Å²) in [5, 5.41) is 3.36. The molecule has 0 spiro atoms. The SMILES string of the molecule is CN(C(=O)CC1COCCN1)C1CCN(Cc2ccccc2)CC1. The molecule has 1 aromatic carbocycles. The van der Waals surface area contributed by atoms with E-state index < -0.39 is 0 Å². The number of hydrogen-bond acceptors (Lipinski definition) is 4. The Bertz CT molecular complexity index is 509. The van der Waals surface area contributed by atoms with Gasteiger partial charge < -0.3 is 15.0 Å². The number of carbonyl (C=O) groups excluding carboxylic acids is 1. The van der Waals surface area contributed by atoms with Crippen LogP contribution in [-0.2, 0) is 16.1 Å². The maximum atomic E-state index is 12.5. The fourth-order valence-corrected chi connectivity index (χ4v) is 3.62. The van der Waals surface area contributed by atoms with Crippen molar-refractivity contribution in [2.75, 3.05) is 39.9 Å². The molecule has 0 aromatic heterocycles. The third-order valence-electron chi connectivity index (χ3n) is 5.17. The summed E-state index contributed by atoms with van der Waals surface area (Å²) in [6.45, 7) is 5.37. The van der Waals surface area contributed by atoms with Gasteiger partial charge in [-0.2, -0.15) is 0 Å². The summed E-state index contributed by atoms with van der Waals surface area (Å²) in [6.07, 6.45) is 2.66. The van der Waals surface area contributed by atoms with Crippen molar-refractivity contribution in [2.45, 2.75) is 37.9 Å². The molecular formula is C19H29N3O2. The van der Waals surface area contributed by atoms with Crippen molar-refractivity contribution in [2.24, 2.45) is 0 Å². The van der Waals surface area contributed by atoms with E-state index in [0.717, 1.165) is 45.6 Å². The molecule has 1 unspecified atom stereocenters.